The van der Waals surface area contributed by atoms with E-state index in [1.54, 1.807) is 36.4 Å². The highest BCUT2D eigenvalue weighted by Gasteiger charge is 2.10. The number of hydrogen-bond acceptors (Lipinski definition) is 2. The summed E-state index contributed by atoms with van der Waals surface area (Å²) in [7, 11) is 0. The van der Waals surface area contributed by atoms with Gasteiger partial charge in [0.05, 0.1) is 6.42 Å². The molecular weight excluding hydrogens is 384 g/mol. The SMILES string of the molecule is O=C(CC[n+]1ccc(-c2ccccc2)cc1)Nc1ccc(C(=O)c2ccccc2)cc1. The van der Waals surface area contributed by atoms with E-state index < -0.39 is 0 Å². The lowest BCUT2D eigenvalue weighted by atomic mass is 10.0. The Morgan fingerprint density at radius 3 is 1.84 bits per heavy atom. The van der Waals surface area contributed by atoms with E-state index in [-0.39, 0.29) is 11.7 Å². The Labute approximate surface area is 181 Å². The highest BCUT2D eigenvalue weighted by Crippen LogP contribution is 2.17. The Bertz CT molecular complexity index is 1150. The van der Waals surface area contributed by atoms with Crippen LogP contribution in [0.15, 0.2) is 109 Å². The van der Waals surface area contributed by atoms with E-state index in [0.717, 1.165) is 5.56 Å². The molecule has 31 heavy (non-hydrogen) atoms. The number of anilines is 1. The van der Waals surface area contributed by atoms with Crippen molar-refractivity contribution in [1.82, 2.24) is 0 Å². The summed E-state index contributed by atoms with van der Waals surface area (Å²) in [6.07, 6.45) is 4.33. The van der Waals surface area contributed by atoms with E-state index in [1.807, 2.05) is 53.4 Å². The fourth-order valence-corrected chi connectivity index (χ4v) is 3.34. The number of nitrogens with one attached hydrogen (secondary N) is 1. The minimum atomic E-state index is -0.0678. The second kappa shape index (κ2) is 9.63. The summed E-state index contributed by atoms with van der Waals surface area (Å²) in [6.45, 7) is 0.589. The van der Waals surface area contributed by atoms with Crippen molar-refractivity contribution >= 4 is 17.4 Å². The van der Waals surface area contributed by atoms with E-state index in [4.69, 9.17) is 0 Å². The second-order valence-electron chi connectivity index (χ2n) is 7.26. The molecule has 1 heterocycles. The largest absolute Gasteiger partial charge is 0.326 e. The summed E-state index contributed by atoms with van der Waals surface area (Å²) in [5.74, 6) is -0.101. The van der Waals surface area contributed by atoms with Crippen LogP contribution in [0.1, 0.15) is 22.3 Å². The predicted molar refractivity (Wildman–Crippen MR) is 122 cm³/mol. The van der Waals surface area contributed by atoms with Crippen LogP contribution in [-0.4, -0.2) is 11.7 Å². The summed E-state index contributed by atoms with van der Waals surface area (Å²) in [6, 6.07) is 30.4. The van der Waals surface area contributed by atoms with Gasteiger partial charge in [-0.1, -0.05) is 60.7 Å². The fraction of sp³-hybridized carbons (Fsp3) is 0.0741. The second-order valence-corrected chi connectivity index (χ2v) is 7.26. The molecule has 0 aliphatic heterocycles. The van der Waals surface area contributed by atoms with Gasteiger partial charge in [0.2, 0.25) is 5.91 Å². The van der Waals surface area contributed by atoms with Crippen LogP contribution in [0.3, 0.4) is 0 Å². The molecule has 4 aromatic rings. The van der Waals surface area contributed by atoms with Gasteiger partial charge in [-0.3, -0.25) is 9.59 Å². The van der Waals surface area contributed by atoms with Gasteiger partial charge in [-0.05, 0) is 35.4 Å². The van der Waals surface area contributed by atoms with E-state index in [2.05, 4.69) is 29.6 Å². The Balaban J connectivity index is 1.30. The molecule has 0 saturated carbocycles. The molecule has 0 unspecified atom stereocenters. The number of carbonyl (C=O) groups is 2. The van der Waals surface area contributed by atoms with Crippen LogP contribution in [0.2, 0.25) is 0 Å². The molecule has 0 radical (unpaired) electrons. The summed E-state index contributed by atoms with van der Waals surface area (Å²) in [5.41, 5.74) is 4.24. The number of pyridine rings is 1. The van der Waals surface area contributed by atoms with Crippen molar-refractivity contribution < 1.29 is 14.2 Å². The normalized spacial score (nSPS) is 10.5. The van der Waals surface area contributed by atoms with Gasteiger partial charge in [0.25, 0.3) is 0 Å². The third-order valence-electron chi connectivity index (χ3n) is 5.06. The summed E-state index contributed by atoms with van der Waals surface area (Å²) < 4.78 is 1.99. The van der Waals surface area contributed by atoms with Gasteiger partial charge in [0, 0.05) is 28.9 Å². The zero-order chi connectivity index (χ0) is 21.5. The van der Waals surface area contributed by atoms with E-state index in [0.29, 0.717) is 29.8 Å². The van der Waals surface area contributed by atoms with Gasteiger partial charge < -0.3 is 5.32 Å². The van der Waals surface area contributed by atoms with Crippen LogP contribution in [0, 0.1) is 0 Å². The van der Waals surface area contributed by atoms with Gasteiger partial charge in [-0.25, -0.2) is 4.57 Å². The molecule has 0 aliphatic rings. The smallest absolute Gasteiger partial charge is 0.230 e. The van der Waals surface area contributed by atoms with Crippen LogP contribution in [0.5, 0.6) is 0 Å². The zero-order valence-corrected chi connectivity index (χ0v) is 17.1. The molecule has 1 N–H and O–H groups in total. The third-order valence-corrected chi connectivity index (χ3v) is 5.06. The third kappa shape index (κ3) is 5.31. The molecule has 0 saturated heterocycles. The monoisotopic (exact) mass is 407 g/mol. The average molecular weight is 407 g/mol. The first-order valence-corrected chi connectivity index (χ1v) is 10.2. The zero-order valence-electron chi connectivity index (χ0n) is 17.1. The molecule has 0 fully saturated rings. The van der Waals surface area contributed by atoms with Crippen LogP contribution < -0.4 is 9.88 Å². The van der Waals surface area contributed by atoms with E-state index in [9.17, 15) is 9.59 Å². The van der Waals surface area contributed by atoms with Crippen molar-refractivity contribution in [2.24, 2.45) is 0 Å². The number of ketones is 1. The molecule has 4 heteroatoms. The molecule has 1 amide bonds. The Hall–Kier alpha value is -4.05. The Morgan fingerprint density at radius 2 is 1.19 bits per heavy atom. The molecule has 4 nitrogen and oxygen atoms in total. The summed E-state index contributed by atoms with van der Waals surface area (Å²) in [4.78, 5) is 24.8. The Morgan fingerprint density at radius 1 is 0.645 bits per heavy atom. The number of aromatic nitrogens is 1. The van der Waals surface area contributed by atoms with Crippen molar-refractivity contribution in [3.63, 3.8) is 0 Å². The summed E-state index contributed by atoms with van der Waals surface area (Å²) >= 11 is 0. The minimum Gasteiger partial charge on any atom is -0.326 e. The van der Waals surface area contributed by atoms with E-state index in [1.165, 1.54) is 5.56 Å². The highest BCUT2D eigenvalue weighted by atomic mass is 16.1. The average Bonchev–Trinajstić information content (AvgIpc) is 2.84. The quantitative estimate of drug-likeness (QED) is 0.350. The number of benzene rings is 3. The van der Waals surface area contributed by atoms with Gasteiger partial charge in [-0.15, -0.1) is 0 Å². The molecule has 4 rings (SSSR count). The Kier molecular flexibility index (Phi) is 6.29. The van der Waals surface area contributed by atoms with Crippen molar-refractivity contribution in [3.8, 4) is 11.1 Å². The first-order chi connectivity index (χ1) is 15.2. The predicted octanol–water partition coefficient (Wildman–Crippen LogP) is 4.90. The number of hydrogen-bond donors (Lipinski definition) is 1. The fourth-order valence-electron chi connectivity index (χ4n) is 3.34. The maximum Gasteiger partial charge on any atom is 0.230 e. The van der Waals surface area contributed by atoms with Gasteiger partial charge in [0.1, 0.15) is 0 Å². The number of amides is 1. The molecule has 0 spiro atoms. The van der Waals surface area contributed by atoms with Crippen molar-refractivity contribution in [2.75, 3.05) is 5.32 Å². The molecule has 0 bridgehead atoms. The van der Waals surface area contributed by atoms with E-state index >= 15 is 0 Å². The molecule has 3 aromatic carbocycles. The lowest BCUT2D eigenvalue weighted by molar-refractivity contribution is -0.695. The maximum absolute atomic E-state index is 12.5. The lowest BCUT2D eigenvalue weighted by Crippen LogP contribution is -2.34. The first-order valence-electron chi connectivity index (χ1n) is 10.2. The van der Waals surface area contributed by atoms with Crippen molar-refractivity contribution in [3.05, 3.63) is 121 Å². The molecule has 0 atom stereocenters. The van der Waals surface area contributed by atoms with Crippen LogP contribution in [0.25, 0.3) is 11.1 Å². The van der Waals surface area contributed by atoms with Gasteiger partial charge in [-0.2, -0.15) is 0 Å². The summed E-state index contributed by atoms with van der Waals surface area (Å²) in [5, 5.41) is 2.89. The van der Waals surface area contributed by atoms with Crippen LogP contribution in [0.4, 0.5) is 5.69 Å². The van der Waals surface area contributed by atoms with Gasteiger partial charge >= 0.3 is 0 Å². The first kappa shape index (κ1) is 20.2. The number of aryl methyl sites for hydroxylation is 1. The lowest BCUT2D eigenvalue weighted by Gasteiger charge is -2.06. The molecule has 1 aromatic heterocycles. The number of nitrogens with zero attached hydrogens (tertiary/aromatic N) is 1. The minimum absolute atomic E-state index is 0.0335. The molecule has 152 valence electrons. The number of rotatable bonds is 7. The maximum atomic E-state index is 12.5. The highest BCUT2D eigenvalue weighted by molar-refractivity contribution is 6.09. The molecule has 0 aliphatic carbocycles. The molecular formula is C27H23N2O2+. The van der Waals surface area contributed by atoms with Crippen molar-refractivity contribution in [2.45, 2.75) is 13.0 Å². The van der Waals surface area contributed by atoms with Gasteiger partial charge in [0.15, 0.2) is 24.7 Å². The van der Waals surface area contributed by atoms with Crippen LogP contribution in [-0.2, 0) is 11.3 Å². The number of carbonyl (C=O) groups excluding carboxylic acids is 2. The van der Waals surface area contributed by atoms with Crippen molar-refractivity contribution in [1.29, 1.82) is 0 Å². The standard InChI is InChI=1S/C27H22N2O2/c30-26(17-20-29-18-15-22(16-19-29)21-7-3-1-4-8-21)28-25-13-11-24(12-14-25)27(31)23-9-5-2-6-10-23/h1-16,18-19H,17,20H2/p+1. The van der Waals surface area contributed by atoms with Crippen LogP contribution >= 0.6 is 0 Å². The topological polar surface area (TPSA) is 50.0 Å².